The minimum atomic E-state index is -0.387. The molecule has 0 saturated carbocycles. The molecule has 8 heteroatoms. The van der Waals surface area contributed by atoms with E-state index in [1.807, 2.05) is 13.0 Å². The largest absolute Gasteiger partial charge is 0.481 e. The highest BCUT2D eigenvalue weighted by Crippen LogP contribution is 2.27. The van der Waals surface area contributed by atoms with E-state index < -0.39 is 0 Å². The summed E-state index contributed by atoms with van der Waals surface area (Å²) in [5.41, 5.74) is 4.04. The van der Waals surface area contributed by atoms with Crippen molar-refractivity contribution in [2.75, 3.05) is 19.5 Å². The van der Waals surface area contributed by atoms with Gasteiger partial charge < -0.3 is 10.1 Å². The van der Waals surface area contributed by atoms with E-state index in [-0.39, 0.29) is 24.1 Å². The Kier molecular flexibility index (Phi) is 5.21. The van der Waals surface area contributed by atoms with Crippen LogP contribution in [-0.2, 0) is 11.2 Å². The summed E-state index contributed by atoms with van der Waals surface area (Å²) >= 11 is 0. The molecule has 8 nitrogen and oxygen atoms in total. The molecule has 0 fully saturated rings. The Labute approximate surface area is 178 Å². The standard InChI is InChI=1S/C23H20N4O4/c1-13-8-15(21-17(9-13)22(29)27(2)23(21)30)10-19(28)26-16-5-6-18(24-12-16)14-4-7-20(31-3)25-11-14/h4-9,11-12H,10H2,1-3H3,(H,26,28). The van der Waals surface area contributed by atoms with Crippen molar-refractivity contribution in [3.05, 3.63) is 71.0 Å². The first kappa shape index (κ1) is 20.2. The molecule has 0 saturated heterocycles. The van der Waals surface area contributed by atoms with Crippen LogP contribution >= 0.6 is 0 Å². The van der Waals surface area contributed by atoms with Crippen LogP contribution in [0.25, 0.3) is 11.3 Å². The highest BCUT2D eigenvalue weighted by Gasteiger charge is 2.35. The van der Waals surface area contributed by atoms with E-state index in [9.17, 15) is 14.4 Å². The summed E-state index contributed by atoms with van der Waals surface area (Å²) in [5.74, 6) is -0.523. The smallest absolute Gasteiger partial charge is 0.261 e. The quantitative estimate of drug-likeness (QED) is 0.642. The van der Waals surface area contributed by atoms with Gasteiger partial charge in [-0.25, -0.2) is 4.98 Å². The van der Waals surface area contributed by atoms with Crippen molar-refractivity contribution in [3.8, 4) is 17.1 Å². The van der Waals surface area contributed by atoms with Crippen molar-refractivity contribution in [2.24, 2.45) is 0 Å². The molecule has 0 aliphatic carbocycles. The number of benzene rings is 1. The summed E-state index contributed by atoms with van der Waals surface area (Å²) in [5, 5.41) is 2.79. The van der Waals surface area contributed by atoms with Crippen molar-refractivity contribution in [2.45, 2.75) is 13.3 Å². The van der Waals surface area contributed by atoms with E-state index >= 15 is 0 Å². The number of anilines is 1. The monoisotopic (exact) mass is 416 g/mol. The van der Waals surface area contributed by atoms with Crippen LogP contribution in [0.5, 0.6) is 5.88 Å². The molecule has 4 rings (SSSR count). The summed E-state index contributed by atoms with van der Waals surface area (Å²) in [7, 11) is 2.99. The second-order valence-corrected chi connectivity index (χ2v) is 7.26. The number of nitrogens with one attached hydrogen (secondary N) is 1. The zero-order valence-electron chi connectivity index (χ0n) is 17.3. The van der Waals surface area contributed by atoms with Gasteiger partial charge in [0.15, 0.2) is 0 Å². The number of aromatic nitrogens is 2. The molecule has 0 unspecified atom stereocenters. The van der Waals surface area contributed by atoms with Gasteiger partial charge in [0, 0.05) is 24.9 Å². The lowest BCUT2D eigenvalue weighted by molar-refractivity contribution is -0.115. The maximum atomic E-state index is 12.6. The van der Waals surface area contributed by atoms with Gasteiger partial charge in [-0.1, -0.05) is 6.07 Å². The number of carbonyl (C=O) groups excluding carboxylic acids is 3. The van der Waals surface area contributed by atoms with Crippen LogP contribution in [0.1, 0.15) is 31.8 Å². The van der Waals surface area contributed by atoms with Crippen LogP contribution < -0.4 is 10.1 Å². The number of amides is 3. The molecule has 0 bridgehead atoms. The Hall–Kier alpha value is -4.07. The number of rotatable bonds is 5. The molecule has 0 spiro atoms. The first-order valence-electron chi connectivity index (χ1n) is 9.59. The number of nitrogens with zero attached hydrogens (tertiary/aromatic N) is 3. The Balaban J connectivity index is 1.49. The molecular formula is C23H20N4O4. The van der Waals surface area contributed by atoms with Crippen LogP contribution in [0.3, 0.4) is 0 Å². The van der Waals surface area contributed by atoms with E-state index in [1.165, 1.54) is 7.05 Å². The molecule has 3 amide bonds. The molecular weight excluding hydrogens is 396 g/mol. The number of ether oxygens (including phenoxy) is 1. The Morgan fingerprint density at radius 2 is 1.87 bits per heavy atom. The van der Waals surface area contributed by atoms with Gasteiger partial charge in [-0.05, 0) is 42.3 Å². The van der Waals surface area contributed by atoms with Crippen LogP contribution in [0.4, 0.5) is 5.69 Å². The fraction of sp³-hybridized carbons (Fsp3) is 0.174. The maximum absolute atomic E-state index is 12.6. The highest BCUT2D eigenvalue weighted by atomic mass is 16.5. The highest BCUT2D eigenvalue weighted by molar-refractivity contribution is 6.22. The molecule has 1 aromatic carbocycles. The molecule has 2 aromatic heterocycles. The number of carbonyl (C=O) groups is 3. The van der Waals surface area contributed by atoms with E-state index in [0.717, 1.165) is 16.0 Å². The molecule has 31 heavy (non-hydrogen) atoms. The summed E-state index contributed by atoms with van der Waals surface area (Å²) in [6.07, 6.45) is 3.19. The molecule has 1 aliphatic rings. The summed E-state index contributed by atoms with van der Waals surface area (Å²) in [4.78, 5) is 46.9. The van der Waals surface area contributed by atoms with E-state index in [1.54, 1.807) is 49.8 Å². The van der Waals surface area contributed by atoms with Crippen LogP contribution in [-0.4, -0.2) is 46.7 Å². The molecule has 0 atom stereocenters. The van der Waals surface area contributed by atoms with Gasteiger partial charge in [0.2, 0.25) is 11.8 Å². The van der Waals surface area contributed by atoms with Gasteiger partial charge in [-0.2, -0.15) is 0 Å². The maximum Gasteiger partial charge on any atom is 0.261 e. The van der Waals surface area contributed by atoms with Crippen LogP contribution in [0.2, 0.25) is 0 Å². The number of imide groups is 1. The molecule has 1 N–H and O–H groups in total. The van der Waals surface area contributed by atoms with Crippen molar-refractivity contribution in [1.29, 1.82) is 0 Å². The zero-order chi connectivity index (χ0) is 22.1. The normalized spacial score (nSPS) is 12.7. The summed E-state index contributed by atoms with van der Waals surface area (Å²) in [6.45, 7) is 1.83. The third-order valence-electron chi connectivity index (χ3n) is 5.06. The fourth-order valence-corrected chi connectivity index (χ4v) is 3.53. The second kappa shape index (κ2) is 7.98. The number of aryl methyl sites for hydroxylation is 1. The molecule has 3 heterocycles. The van der Waals surface area contributed by atoms with Gasteiger partial charge in [-0.3, -0.25) is 24.3 Å². The average Bonchev–Trinajstić information content (AvgIpc) is 2.98. The van der Waals surface area contributed by atoms with Gasteiger partial charge in [0.25, 0.3) is 11.8 Å². The number of hydrogen-bond donors (Lipinski definition) is 1. The molecule has 3 aromatic rings. The number of hydrogen-bond acceptors (Lipinski definition) is 6. The predicted octanol–water partition coefficient (Wildman–Crippen LogP) is 2.87. The number of fused-ring (bicyclic) bond motifs is 1. The van der Waals surface area contributed by atoms with Crippen molar-refractivity contribution in [3.63, 3.8) is 0 Å². The van der Waals surface area contributed by atoms with Crippen molar-refractivity contribution < 1.29 is 19.1 Å². The third-order valence-corrected chi connectivity index (χ3v) is 5.06. The fourth-order valence-electron chi connectivity index (χ4n) is 3.53. The predicted molar refractivity (Wildman–Crippen MR) is 114 cm³/mol. The summed E-state index contributed by atoms with van der Waals surface area (Å²) in [6, 6.07) is 10.6. The van der Waals surface area contributed by atoms with Gasteiger partial charge in [0.05, 0.1) is 42.2 Å². The Morgan fingerprint density at radius 3 is 2.52 bits per heavy atom. The summed E-state index contributed by atoms with van der Waals surface area (Å²) < 4.78 is 5.05. The lowest BCUT2D eigenvalue weighted by Crippen LogP contribution is -2.24. The van der Waals surface area contributed by atoms with Gasteiger partial charge >= 0.3 is 0 Å². The molecule has 1 aliphatic heterocycles. The molecule has 156 valence electrons. The van der Waals surface area contributed by atoms with Crippen LogP contribution in [0, 0.1) is 6.92 Å². The van der Waals surface area contributed by atoms with Gasteiger partial charge in [-0.15, -0.1) is 0 Å². The first-order chi connectivity index (χ1) is 14.9. The minimum Gasteiger partial charge on any atom is -0.481 e. The second-order valence-electron chi connectivity index (χ2n) is 7.26. The van der Waals surface area contributed by atoms with E-state index in [4.69, 9.17) is 4.74 Å². The average molecular weight is 416 g/mol. The third kappa shape index (κ3) is 3.87. The molecule has 0 radical (unpaired) electrons. The number of pyridine rings is 2. The Bertz CT molecular complexity index is 1190. The first-order valence-corrected chi connectivity index (χ1v) is 9.59. The lowest BCUT2D eigenvalue weighted by Gasteiger charge is -2.10. The Morgan fingerprint density at radius 1 is 1.06 bits per heavy atom. The lowest BCUT2D eigenvalue weighted by atomic mass is 9.97. The van der Waals surface area contributed by atoms with E-state index in [0.29, 0.717) is 34.0 Å². The topological polar surface area (TPSA) is 101 Å². The minimum absolute atomic E-state index is 0.0268. The van der Waals surface area contributed by atoms with Gasteiger partial charge in [0.1, 0.15) is 0 Å². The zero-order valence-corrected chi connectivity index (χ0v) is 17.3. The van der Waals surface area contributed by atoms with Crippen molar-refractivity contribution in [1.82, 2.24) is 14.9 Å². The van der Waals surface area contributed by atoms with Crippen LogP contribution in [0.15, 0.2) is 48.8 Å². The number of methoxy groups -OCH3 is 1. The van der Waals surface area contributed by atoms with E-state index in [2.05, 4.69) is 15.3 Å². The van der Waals surface area contributed by atoms with Crippen molar-refractivity contribution >= 4 is 23.4 Å². The SMILES string of the molecule is COc1ccc(-c2ccc(NC(=O)Cc3cc(C)cc4c3C(=O)N(C)C4=O)cn2)cn1.